The van der Waals surface area contributed by atoms with Gasteiger partial charge in [0.1, 0.15) is 0 Å². The molecule has 21 heavy (non-hydrogen) atoms. The van der Waals surface area contributed by atoms with Crippen molar-refractivity contribution in [1.29, 1.82) is 0 Å². The highest BCUT2D eigenvalue weighted by atomic mass is 35.5. The fourth-order valence-electron chi connectivity index (χ4n) is 1.26. The van der Waals surface area contributed by atoms with Gasteiger partial charge in [-0.2, -0.15) is 0 Å². The van der Waals surface area contributed by atoms with Gasteiger partial charge in [0.05, 0.1) is 31.5 Å². The summed E-state index contributed by atoms with van der Waals surface area (Å²) in [7, 11) is 0. The SMILES string of the molecule is Nc1nnc(SCC(=O)Nc2c(Cl)c(Cl)cc(Cl)c2Cl)s1. The zero-order valence-corrected chi connectivity index (χ0v) is 14.6. The fraction of sp³-hybridized carbons (Fsp3) is 0.100. The lowest BCUT2D eigenvalue weighted by Crippen LogP contribution is -2.14. The van der Waals surface area contributed by atoms with E-state index in [0.717, 1.165) is 0 Å². The van der Waals surface area contributed by atoms with E-state index in [9.17, 15) is 4.79 Å². The van der Waals surface area contributed by atoms with Crippen molar-refractivity contribution in [1.82, 2.24) is 10.2 Å². The van der Waals surface area contributed by atoms with Crippen LogP contribution in [0.15, 0.2) is 10.4 Å². The molecule has 0 unspecified atom stereocenters. The lowest BCUT2D eigenvalue weighted by Gasteiger charge is -2.11. The number of nitrogens with one attached hydrogen (secondary N) is 1. The first kappa shape index (κ1) is 16.9. The van der Waals surface area contributed by atoms with Gasteiger partial charge in [0.15, 0.2) is 4.34 Å². The molecule has 0 spiro atoms. The number of nitrogen functional groups attached to an aromatic ring is 1. The van der Waals surface area contributed by atoms with E-state index in [4.69, 9.17) is 52.1 Å². The minimum Gasteiger partial charge on any atom is -0.374 e. The number of hydrogen-bond acceptors (Lipinski definition) is 6. The molecule has 0 aliphatic carbocycles. The smallest absolute Gasteiger partial charge is 0.234 e. The summed E-state index contributed by atoms with van der Waals surface area (Å²) in [6, 6.07) is 1.40. The number of anilines is 2. The molecule has 0 aliphatic heterocycles. The lowest BCUT2D eigenvalue weighted by molar-refractivity contribution is -0.113. The molecule has 1 aromatic carbocycles. The molecule has 3 N–H and O–H groups in total. The number of nitrogens with zero attached hydrogens (tertiary/aromatic N) is 2. The molecule has 1 heterocycles. The summed E-state index contributed by atoms with van der Waals surface area (Å²) in [6.07, 6.45) is 0. The van der Waals surface area contributed by atoms with Crippen LogP contribution in [0.25, 0.3) is 0 Å². The van der Waals surface area contributed by atoms with Crippen molar-refractivity contribution in [3.63, 3.8) is 0 Å². The average molecular weight is 404 g/mol. The van der Waals surface area contributed by atoms with Gasteiger partial charge in [-0.05, 0) is 6.07 Å². The Kier molecular flexibility index (Phi) is 5.81. The predicted molar refractivity (Wildman–Crippen MR) is 90.2 cm³/mol. The molecule has 1 aromatic heterocycles. The van der Waals surface area contributed by atoms with Crippen LogP contribution in [0.5, 0.6) is 0 Å². The summed E-state index contributed by atoms with van der Waals surface area (Å²) in [5.74, 6) is -0.248. The summed E-state index contributed by atoms with van der Waals surface area (Å²) in [5.41, 5.74) is 5.63. The first-order valence-electron chi connectivity index (χ1n) is 5.23. The van der Waals surface area contributed by atoms with Crippen molar-refractivity contribution in [3.8, 4) is 0 Å². The predicted octanol–water partition coefficient (Wildman–Crippen LogP) is 4.46. The summed E-state index contributed by atoms with van der Waals surface area (Å²) >= 11 is 26.2. The van der Waals surface area contributed by atoms with Crippen LogP contribution >= 0.6 is 69.5 Å². The van der Waals surface area contributed by atoms with Gasteiger partial charge in [0.25, 0.3) is 0 Å². The number of halogens is 4. The van der Waals surface area contributed by atoms with Crippen molar-refractivity contribution in [2.75, 3.05) is 16.8 Å². The van der Waals surface area contributed by atoms with Crippen LogP contribution in [-0.4, -0.2) is 21.9 Å². The van der Waals surface area contributed by atoms with Crippen molar-refractivity contribution >= 4 is 86.2 Å². The van der Waals surface area contributed by atoms with E-state index >= 15 is 0 Å². The van der Waals surface area contributed by atoms with Gasteiger partial charge in [0.2, 0.25) is 11.0 Å². The third-order valence-electron chi connectivity index (χ3n) is 2.13. The number of carbonyl (C=O) groups is 1. The first-order valence-corrected chi connectivity index (χ1v) is 8.54. The Morgan fingerprint density at radius 3 is 2.38 bits per heavy atom. The number of benzene rings is 1. The van der Waals surface area contributed by atoms with Crippen molar-refractivity contribution in [2.45, 2.75) is 4.34 Å². The van der Waals surface area contributed by atoms with Gasteiger partial charge in [-0.3, -0.25) is 4.79 Å². The van der Waals surface area contributed by atoms with Crippen molar-refractivity contribution in [2.24, 2.45) is 0 Å². The van der Waals surface area contributed by atoms with E-state index in [0.29, 0.717) is 9.47 Å². The molecule has 112 valence electrons. The molecule has 0 saturated heterocycles. The Morgan fingerprint density at radius 2 is 1.86 bits per heavy atom. The zero-order chi connectivity index (χ0) is 15.6. The zero-order valence-electron chi connectivity index (χ0n) is 9.99. The second-order valence-corrected chi connectivity index (χ2v) is 7.39. The number of thioether (sulfide) groups is 1. The lowest BCUT2D eigenvalue weighted by atomic mass is 10.3. The van der Waals surface area contributed by atoms with Gasteiger partial charge in [0, 0.05) is 0 Å². The van der Waals surface area contributed by atoms with Crippen LogP contribution in [0, 0.1) is 0 Å². The van der Waals surface area contributed by atoms with Crippen molar-refractivity contribution in [3.05, 3.63) is 26.2 Å². The largest absolute Gasteiger partial charge is 0.374 e. The molecule has 0 atom stereocenters. The maximum atomic E-state index is 11.9. The van der Waals surface area contributed by atoms with Crippen LogP contribution in [0.2, 0.25) is 20.1 Å². The Morgan fingerprint density at radius 1 is 1.24 bits per heavy atom. The number of amides is 1. The van der Waals surface area contributed by atoms with Gasteiger partial charge >= 0.3 is 0 Å². The van der Waals surface area contributed by atoms with Crippen LogP contribution < -0.4 is 11.1 Å². The van der Waals surface area contributed by atoms with Gasteiger partial charge in [-0.15, -0.1) is 10.2 Å². The fourth-order valence-corrected chi connectivity index (χ4v) is 3.60. The minimum absolute atomic E-state index is 0.0887. The van der Waals surface area contributed by atoms with Gasteiger partial charge < -0.3 is 11.1 Å². The van der Waals surface area contributed by atoms with Gasteiger partial charge in [-0.25, -0.2) is 0 Å². The highest BCUT2D eigenvalue weighted by Crippen LogP contribution is 2.41. The highest BCUT2D eigenvalue weighted by Gasteiger charge is 2.16. The van der Waals surface area contributed by atoms with E-state index in [1.54, 1.807) is 0 Å². The van der Waals surface area contributed by atoms with E-state index in [-0.39, 0.29) is 37.4 Å². The maximum Gasteiger partial charge on any atom is 0.234 e. The normalized spacial score (nSPS) is 10.7. The average Bonchev–Trinajstić information content (AvgIpc) is 2.85. The standard InChI is InChI=1S/C10H6Cl4N4OS2/c11-3-1-4(12)7(14)8(6(3)13)16-5(19)2-20-10-18-17-9(15)21-10/h1H,2H2,(H2,15,17)(H,16,19). The minimum atomic E-state index is -0.337. The van der Waals surface area contributed by atoms with E-state index in [1.807, 2.05) is 0 Å². The number of carbonyl (C=O) groups excluding carboxylic acids is 1. The summed E-state index contributed by atoms with van der Waals surface area (Å²) in [4.78, 5) is 11.9. The van der Waals surface area contributed by atoms with Crippen LogP contribution in [0.1, 0.15) is 0 Å². The number of aromatic nitrogens is 2. The van der Waals surface area contributed by atoms with Crippen LogP contribution in [0.4, 0.5) is 10.8 Å². The quantitative estimate of drug-likeness (QED) is 0.581. The molecule has 5 nitrogen and oxygen atoms in total. The number of nitrogens with two attached hydrogens (primary N) is 1. The molecule has 0 bridgehead atoms. The topological polar surface area (TPSA) is 80.9 Å². The maximum absolute atomic E-state index is 11.9. The third kappa shape index (κ3) is 4.28. The van der Waals surface area contributed by atoms with Crippen LogP contribution in [0.3, 0.4) is 0 Å². The molecule has 11 heteroatoms. The van der Waals surface area contributed by atoms with E-state index < -0.39 is 0 Å². The number of rotatable bonds is 4. The molecule has 2 rings (SSSR count). The summed E-state index contributed by atoms with van der Waals surface area (Å²) < 4.78 is 0.587. The number of hydrogen-bond donors (Lipinski definition) is 2. The molecule has 2 aromatic rings. The summed E-state index contributed by atoms with van der Waals surface area (Å²) in [6.45, 7) is 0. The summed E-state index contributed by atoms with van der Waals surface area (Å²) in [5, 5.41) is 11.0. The van der Waals surface area contributed by atoms with Crippen molar-refractivity contribution < 1.29 is 4.79 Å². The molecule has 1 amide bonds. The highest BCUT2D eigenvalue weighted by molar-refractivity contribution is 8.01. The second-order valence-electron chi connectivity index (χ2n) is 3.59. The molecule has 0 aliphatic rings. The Balaban J connectivity index is 2.06. The molecule has 0 fully saturated rings. The molecular weight excluding hydrogens is 398 g/mol. The van der Waals surface area contributed by atoms with E-state index in [2.05, 4.69) is 15.5 Å². The monoisotopic (exact) mass is 402 g/mol. The van der Waals surface area contributed by atoms with Gasteiger partial charge in [-0.1, -0.05) is 69.5 Å². The Bertz CT molecular complexity index is 668. The Hall–Kier alpha value is -0.440. The molecular formula is C10H6Cl4N4OS2. The molecule has 0 radical (unpaired) electrons. The molecule has 0 saturated carbocycles. The second kappa shape index (κ2) is 7.21. The first-order chi connectivity index (χ1) is 9.88. The Labute approximate surface area is 148 Å². The third-order valence-corrected chi connectivity index (χ3v) is 5.59. The van der Waals surface area contributed by atoms with E-state index in [1.165, 1.54) is 29.2 Å². The van der Waals surface area contributed by atoms with Crippen LogP contribution in [-0.2, 0) is 4.79 Å².